The summed E-state index contributed by atoms with van der Waals surface area (Å²) in [5, 5.41) is 0. The minimum atomic E-state index is 0.546. The Morgan fingerprint density at radius 2 is 2.31 bits per heavy atom. The number of hydrogen-bond acceptors (Lipinski definition) is 1. The van der Waals surface area contributed by atoms with Crippen molar-refractivity contribution >= 4 is 0 Å². The molecule has 1 aliphatic carbocycles. The van der Waals surface area contributed by atoms with Gasteiger partial charge in [-0.05, 0) is 29.6 Å². The van der Waals surface area contributed by atoms with Crippen molar-refractivity contribution in [3.63, 3.8) is 0 Å². The molecule has 0 saturated heterocycles. The maximum Gasteiger partial charge on any atom is 0.0174 e. The van der Waals surface area contributed by atoms with E-state index < -0.39 is 0 Å². The molecule has 0 radical (unpaired) electrons. The predicted molar refractivity (Wildman–Crippen MR) is 72.2 cm³/mol. The van der Waals surface area contributed by atoms with Crippen LogP contribution in [0.2, 0.25) is 0 Å². The summed E-state index contributed by atoms with van der Waals surface area (Å²) in [5.74, 6) is 0. The van der Waals surface area contributed by atoms with E-state index in [0.29, 0.717) is 6.54 Å². The van der Waals surface area contributed by atoms with Crippen LogP contribution in [0.1, 0.15) is 26.2 Å². The first-order chi connectivity index (χ1) is 7.77. The molecule has 1 heteroatoms. The summed E-state index contributed by atoms with van der Waals surface area (Å²) in [5.41, 5.74) is 9.29. The van der Waals surface area contributed by atoms with Crippen molar-refractivity contribution in [1.82, 2.24) is 0 Å². The van der Waals surface area contributed by atoms with Crippen LogP contribution >= 0.6 is 0 Å². The molecule has 0 amide bonds. The van der Waals surface area contributed by atoms with Crippen molar-refractivity contribution in [3.05, 3.63) is 59.8 Å². The molecule has 0 saturated carbocycles. The molecule has 0 aromatic carbocycles. The van der Waals surface area contributed by atoms with Gasteiger partial charge < -0.3 is 5.73 Å². The first-order valence-corrected chi connectivity index (χ1v) is 5.89. The van der Waals surface area contributed by atoms with Gasteiger partial charge in [-0.2, -0.15) is 0 Å². The summed E-state index contributed by atoms with van der Waals surface area (Å²) in [6.45, 7) is 6.72. The molecule has 0 spiro atoms. The normalized spacial score (nSPS) is 18.1. The van der Waals surface area contributed by atoms with Gasteiger partial charge in [0.2, 0.25) is 0 Å². The van der Waals surface area contributed by atoms with Gasteiger partial charge in [-0.1, -0.05) is 56.4 Å². The highest BCUT2D eigenvalue weighted by molar-refractivity contribution is 5.37. The zero-order valence-electron chi connectivity index (χ0n) is 10.1. The van der Waals surface area contributed by atoms with Crippen LogP contribution in [0.15, 0.2) is 59.8 Å². The summed E-state index contributed by atoms with van der Waals surface area (Å²) in [4.78, 5) is 0. The van der Waals surface area contributed by atoms with Gasteiger partial charge in [0.15, 0.2) is 0 Å². The molecule has 1 aliphatic rings. The topological polar surface area (TPSA) is 26.0 Å². The van der Waals surface area contributed by atoms with E-state index in [9.17, 15) is 0 Å². The maximum atomic E-state index is 5.63. The highest BCUT2D eigenvalue weighted by Crippen LogP contribution is 2.16. The average molecular weight is 215 g/mol. The van der Waals surface area contributed by atoms with Crippen LogP contribution in [0, 0.1) is 0 Å². The molecule has 0 unspecified atom stereocenters. The Morgan fingerprint density at radius 3 is 2.88 bits per heavy atom. The Morgan fingerprint density at radius 1 is 1.50 bits per heavy atom. The highest BCUT2D eigenvalue weighted by Gasteiger charge is 1.99. The number of rotatable bonds is 5. The van der Waals surface area contributed by atoms with Crippen LogP contribution < -0.4 is 5.73 Å². The first-order valence-electron chi connectivity index (χ1n) is 5.89. The summed E-state index contributed by atoms with van der Waals surface area (Å²) in [6.07, 6.45) is 16.0. The summed E-state index contributed by atoms with van der Waals surface area (Å²) in [6, 6.07) is 0. The summed E-state index contributed by atoms with van der Waals surface area (Å²) in [7, 11) is 0. The van der Waals surface area contributed by atoms with E-state index in [1.54, 1.807) is 0 Å². The minimum absolute atomic E-state index is 0.546. The molecule has 0 atom stereocenters. The standard InChI is InChI=1S/C15H21N/c1-3-7-15(13(2)12-16)11-10-14-8-5-4-6-9-14/h4-6,8,10-11H,2-3,7,9,12,16H2,1H3/b14-10-,15-11-. The molecule has 0 aromatic rings. The smallest absolute Gasteiger partial charge is 0.0174 e. The zero-order chi connectivity index (χ0) is 11.8. The fourth-order valence-corrected chi connectivity index (χ4v) is 1.64. The van der Waals surface area contributed by atoms with Crippen molar-refractivity contribution < 1.29 is 0 Å². The lowest BCUT2D eigenvalue weighted by Crippen LogP contribution is -2.04. The lowest BCUT2D eigenvalue weighted by molar-refractivity contribution is 0.902. The Kier molecular flexibility index (Phi) is 5.58. The van der Waals surface area contributed by atoms with Gasteiger partial charge in [0, 0.05) is 6.54 Å². The zero-order valence-corrected chi connectivity index (χ0v) is 10.1. The summed E-state index contributed by atoms with van der Waals surface area (Å²) < 4.78 is 0. The largest absolute Gasteiger partial charge is 0.327 e. The second kappa shape index (κ2) is 7.02. The predicted octanol–water partition coefficient (Wildman–Crippen LogP) is 3.67. The van der Waals surface area contributed by atoms with Gasteiger partial charge in [0.05, 0.1) is 0 Å². The molecule has 0 fully saturated rings. The Bertz CT molecular complexity index is 354. The molecule has 2 N–H and O–H groups in total. The second-order valence-electron chi connectivity index (χ2n) is 3.98. The number of nitrogens with two attached hydrogens (primary N) is 1. The summed E-state index contributed by atoms with van der Waals surface area (Å²) >= 11 is 0. The van der Waals surface area contributed by atoms with Crippen LogP contribution in [-0.4, -0.2) is 6.54 Å². The Labute approximate surface area is 98.7 Å². The minimum Gasteiger partial charge on any atom is -0.327 e. The van der Waals surface area contributed by atoms with Crippen LogP contribution in [0.25, 0.3) is 0 Å². The van der Waals surface area contributed by atoms with E-state index in [2.05, 4.69) is 50.0 Å². The molecular formula is C15H21N. The SMILES string of the molecule is C=C(CN)/C(=C\C=C1\C=CC=CC1)CCC. The fraction of sp³-hybridized carbons (Fsp3) is 0.333. The molecule has 86 valence electrons. The van der Waals surface area contributed by atoms with E-state index in [1.165, 1.54) is 11.1 Å². The average Bonchev–Trinajstić information content (AvgIpc) is 2.34. The van der Waals surface area contributed by atoms with Crippen molar-refractivity contribution in [2.75, 3.05) is 6.54 Å². The second-order valence-corrected chi connectivity index (χ2v) is 3.98. The van der Waals surface area contributed by atoms with Crippen LogP contribution in [0.4, 0.5) is 0 Å². The molecule has 1 nitrogen and oxygen atoms in total. The third-order valence-corrected chi connectivity index (χ3v) is 2.63. The lowest BCUT2D eigenvalue weighted by atomic mass is 10.0. The molecule has 0 aromatic heterocycles. The van der Waals surface area contributed by atoms with Gasteiger partial charge in [0.1, 0.15) is 0 Å². The third-order valence-electron chi connectivity index (χ3n) is 2.63. The van der Waals surface area contributed by atoms with Crippen LogP contribution in [0.5, 0.6) is 0 Å². The van der Waals surface area contributed by atoms with E-state index in [4.69, 9.17) is 5.73 Å². The highest BCUT2D eigenvalue weighted by atomic mass is 14.5. The van der Waals surface area contributed by atoms with Gasteiger partial charge >= 0.3 is 0 Å². The number of hydrogen-bond donors (Lipinski definition) is 1. The van der Waals surface area contributed by atoms with E-state index in [0.717, 1.165) is 24.8 Å². The lowest BCUT2D eigenvalue weighted by Gasteiger charge is -2.07. The third kappa shape index (κ3) is 4.03. The molecule has 1 rings (SSSR count). The van der Waals surface area contributed by atoms with Crippen molar-refractivity contribution in [2.45, 2.75) is 26.2 Å². The van der Waals surface area contributed by atoms with E-state index >= 15 is 0 Å². The van der Waals surface area contributed by atoms with Gasteiger partial charge in [-0.25, -0.2) is 0 Å². The van der Waals surface area contributed by atoms with Gasteiger partial charge in [0.25, 0.3) is 0 Å². The molecule has 0 aliphatic heterocycles. The molecule has 0 bridgehead atoms. The van der Waals surface area contributed by atoms with Crippen LogP contribution in [0.3, 0.4) is 0 Å². The molecule has 0 heterocycles. The van der Waals surface area contributed by atoms with Gasteiger partial charge in [-0.3, -0.25) is 0 Å². The fourth-order valence-electron chi connectivity index (χ4n) is 1.64. The number of allylic oxidation sites excluding steroid dienone is 7. The first kappa shape index (κ1) is 12.7. The van der Waals surface area contributed by atoms with Crippen molar-refractivity contribution in [3.8, 4) is 0 Å². The van der Waals surface area contributed by atoms with Crippen molar-refractivity contribution in [2.24, 2.45) is 5.73 Å². The Balaban J connectivity index is 2.74. The van der Waals surface area contributed by atoms with Gasteiger partial charge in [-0.15, -0.1) is 0 Å². The van der Waals surface area contributed by atoms with E-state index in [-0.39, 0.29) is 0 Å². The molecule has 16 heavy (non-hydrogen) atoms. The maximum absolute atomic E-state index is 5.63. The quantitative estimate of drug-likeness (QED) is 0.696. The molecular weight excluding hydrogens is 194 g/mol. The monoisotopic (exact) mass is 215 g/mol. The van der Waals surface area contributed by atoms with Crippen molar-refractivity contribution in [1.29, 1.82) is 0 Å². The Hall–Kier alpha value is -1.34. The van der Waals surface area contributed by atoms with Crippen LogP contribution in [-0.2, 0) is 0 Å². The van der Waals surface area contributed by atoms with E-state index in [1.807, 2.05) is 0 Å².